The van der Waals surface area contributed by atoms with E-state index < -0.39 is 9.84 Å². The maximum Gasteiger partial charge on any atom is 0.247 e. The van der Waals surface area contributed by atoms with E-state index in [-0.39, 0.29) is 5.75 Å². The van der Waals surface area contributed by atoms with Crippen LogP contribution in [-0.2, 0) is 9.84 Å². The highest BCUT2D eigenvalue weighted by Gasteiger charge is 2.16. The monoisotopic (exact) mass is 490 g/mol. The highest BCUT2D eigenvalue weighted by atomic mass is 32.2. The molecule has 0 aliphatic carbocycles. The first kappa shape index (κ1) is 23.3. The van der Waals surface area contributed by atoms with Crippen molar-refractivity contribution in [3.8, 4) is 11.1 Å². The van der Waals surface area contributed by atoms with Gasteiger partial charge in [-0.05, 0) is 61.5 Å². The first-order valence-electron chi connectivity index (χ1n) is 11.9. The van der Waals surface area contributed by atoms with Gasteiger partial charge in [0.2, 0.25) is 5.95 Å². The summed E-state index contributed by atoms with van der Waals surface area (Å²) in [4.78, 5) is 9.82. The smallest absolute Gasteiger partial charge is 0.247 e. The lowest BCUT2D eigenvalue weighted by molar-refractivity contribution is 0.313. The Labute approximate surface area is 206 Å². The number of sulfone groups is 1. The Hall–Kier alpha value is -3.43. The van der Waals surface area contributed by atoms with E-state index >= 15 is 0 Å². The molecule has 1 fully saturated rings. The van der Waals surface area contributed by atoms with Crippen molar-refractivity contribution in [3.63, 3.8) is 0 Å². The standard InChI is InChI=1S/C26H30N6O2S/c1-3-18-35(33,34)23-11-9-20(10-12-23)24-8-5-13-32-25(24)28-26(29-32)27-21-6-4-7-22(19-21)31-16-14-30(2)15-17-31/h4-13,19H,3,14-18H2,1-2H3,(H,27,29). The third-order valence-corrected chi connectivity index (χ3v) is 8.27. The molecule has 0 atom stereocenters. The zero-order valence-corrected chi connectivity index (χ0v) is 20.9. The van der Waals surface area contributed by atoms with Crippen molar-refractivity contribution >= 4 is 32.8 Å². The second kappa shape index (κ2) is 9.67. The molecule has 9 heteroatoms. The molecule has 1 aliphatic heterocycles. The minimum atomic E-state index is -3.25. The van der Waals surface area contributed by atoms with Crippen LogP contribution in [0.2, 0.25) is 0 Å². The third-order valence-electron chi connectivity index (χ3n) is 6.33. The van der Waals surface area contributed by atoms with Crippen LogP contribution < -0.4 is 10.2 Å². The maximum atomic E-state index is 12.4. The Morgan fingerprint density at radius 3 is 2.49 bits per heavy atom. The molecule has 1 aliphatic rings. The fraction of sp³-hybridized carbons (Fsp3) is 0.308. The predicted molar refractivity (Wildman–Crippen MR) is 140 cm³/mol. The summed E-state index contributed by atoms with van der Waals surface area (Å²) in [7, 11) is -1.09. The number of likely N-dealkylation sites (N-methyl/N-ethyl adjacent to an activating group) is 1. The average molecular weight is 491 g/mol. The molecular formula is C26H30N6O2S. The molecule has 0 radical (unpaired) electrons. The lowest BCUT2D eigenvalue weighted by Gasteiger charge is -2.34. The summed E-state index contributed by atoms with van der Waals surface area (Å²) in [6.07, 6.45) is 2.45. The van der Waals surface area contributed by atoms with Gasteiger partial charge in [0.05, 0.1) is 10.6 Å². The summed E-state index contributed by atoms with van der Waals surface area (Å²) in [6, 6.07) is 19.2. The van der Waals surface area contributed by atoms with Crippen molar-refractivity contribution in [1.82, 2.24) is 19.5 Å². The van der Waals surface area contributed by atoms with Gasteiger partial charge in [0.25, 0.3) is 0 Å². The molecule has 0 spiro atoms. The number of rotatable bonds is 7. The van der Waals surface area contributed by atoms with E-state index in [1.807, 2.05) is 49.5 Å². The van der Waals surface area contributed by atoms with E-state index in [2.05, 4.69) is 39.4 Å². The highest BCUT2D eigenvalue weighted by Crippen LogP contribution is 2.27. The van der Waals surface area contributed by atoms with Crippen LogP contribution in [0.15, 0.2) is 71.8 Å². The number of piperazine rings is 1. The number of benzene rings is 2. The van der Waals surface area contributed by atoms with E-state index in [0.717, 1.165) is 43.0 Å². The molecule has 0 unspecified atom stereocenters. The summed E-state index contributed by atoms with van der Waals surface area (Å²) in [5.74, 6) is 0.659. The predicted octanol–water partition coefficient (Wildman–Crippen LogP) is 4.08. The number of hydrogen-bond acceptors (Lipinski definition) is 7. The molecule has 4 aromatic rings. The van der Waals surface area contributed by atoms with Crippen molar-refractivity contribution in [2.24, 2.45) is 0 Å². The number of nitrogens with zero attached hydrogens (tertiary/aromatic N) is 5. The zero-order valence-electron chi connectivity index (χ0n) is 20.1. The number of pyridine rings is 1. The van der Waals surface area contributed by atoms with Crippen LogP contribution in [0.5, 0.6) is 0 Å². The summed E-state index contributed by atoms with van der Waals surface area (Å²) in [5.41, 5.74) is 4.60. The maximum absolute atomic E-state index is 12.4. The van der Waals surface area contributed by atoms with Gasteiger partial charge in [-0.2, -0.15) is 4.98 Å². The van der Waals surface area contributed by atoms with Crippen LogP contribution in [0, 0.1) is 0 Å². The molecule has 1 N–H and O–H groups in total. The van der Waals surface area contributed by atoms with Gasteiger partial charge in [-0.15, -0.1) is 5.10 Å². The van der Waals surface area contributed by atoms with Crippen molar-refractivity contribution < 1.29 is 8.42 Å². The Morgan fingerprint density at radius 1 is 0.971 bits per heavy atom. The molecule has 3 heterocycles. The molecule has 182 valence electrons. The Kier molecular flexibility index (Phi) is 6.44. The average Bonchev–Trinajstić information content (AvgIpc) is 3.27. The van der Waals surface area contributed by atoms with Gasteiger partial charge in [0.15, 0.2) is 15.5 Å². The van der Waals surface area contributed by atoms with Crippen LogP contribution in [0.1, 0.15) is 13.3 Å². The molecule has 1 saturated heterocycles. The molecule has 0 bridgehead atoms. The summed E-state index contributed by atoms with van der Waals surface area (Å²) in [5, 5.41) is 7.95. The molecule has 8 nitrogen and oxygen atoms in total. The molecule has 2 aromatic carbocycles. The first-order valence-corrected chi connectivity index (χ1v) is 13.6. The first-order chi connectivity index (χ1) is 16.9. The third kappa shape index (κ3) is 5.01. The van der Waals surface area contributed by atoms with Gasteiger partial charge in [0, 0.05) is 49.3 Å². The lowest BCUT2D eigenvalue weighted by Crippen LogP contribution is -2.44. The normalized spacial score (nSPS) is 15.0. The van der Waals surface area contributed by atoms with Crippen LogP contribution in [0.25, 0.3) is 16.8 Å². The topological polar surface area (TPSA) is 82.8 Å². The minimum absolute atomic E-state index is 0.150. The number of nitrogens with one attached hydrogen (secondary N) is 1. The molecule has 5 rings (SSSR count). The quantitative estimate of drug-likeness (QED) is 0.418. The summed E-state index contributed by atoms with van der Waals surface area (Å²) in [6.45, 7) is 6.00. The van der Waals surface area contributed by atoms with E-state index in [9.17, 15) is 8.42 Å². The molecule has 2 aromatic heterocycles. The van der Waals surface area contributed by atoms with Crippen molar-refractivity contribution in [1.29, 1.82) is 0 Å². The minimum Gasteiger partial charge on any atom is -0.369 e. The summed E-state index contributed by atoms with van der Waals surface area (Å²) < 4.78 is 26.5. The molecule has 35 heavy (non-hydrogen) atoms. The molecule has 0 saturated carbocycles. The van der Waals surface area contributed by atoms with Crippen LogP contribution >= 0.6 is 0 Å². The van der Waals surface area contributed by atoms with E-state index in [0.29, 0.717) is 22.9 Å². The van der Waals surface area contributed by atoms with Gasteiger partial charge in [-0.3, -0.25) is 0 Å². The Morgan fingerprint density at radius 2 is 1.74 bits per heavy atom. The van der Waals surface area contributed by atoms with Crippen molar-refractivity contribution in [2.45, 2.75) is 18.2 Å². The van der Waals surface area contributed by atoms with E-state index in [4.69, 9.17) is 4.98 Å². The van der Waals surface area contributed by atoms with Crippen LogP contribution in [0.4, 0.5) is 17.3 Å². The van der Waals surface area contributed by atoms with Gasteiger partial charge in [-0.25, -0.2) is 12.9 Å². The van der Waals surface area contributed by atoms with Crippen molar-refractivity contribution in [2.75, 3.05) is 49.2 Å². The van der Waals surface area contributed by atoms with Crippen LogP contribution in [0.3, 0.4) is 0 Å². The number of anilines is 3. The van der Waals surface area contributed by atoms with Gasteiger partial charge < -0.3 is 15.1 Å². The highest BCUT2D eigenvalue weighted by molar-refractivity contribution is 7.91. The molecule has 0 amide bonds. The largest absolute Gasteiger partial charge is 0.369 e. The van der Waals surface area contributed by atoms with Gasteiger partial charge >= 0.3 is 0 Å². The van der Waals surface area contributed by atoms with E-state index in [1.54, 1.807) is 16.6 Å². The van der Waals surface area contributed by atoms with Gasteiger partial charge in [0.1, 0.15) is 0 Å². The number of fused-ring (bicyclic) bond motifs is 1. The van der Waals surface area contributed by atoms with Crippen LogP contribution in [-0.4, -0.2) is 66.9 Å². The lowest BCUT2D eigenvalue weighted by atomic mass is 10.1. The fourth-order valence-electron chi connectivity index (χ4n) is 4.39. The second-order valence-electron chi connectivity index (χ2n) is 8.93. The van der Waals surface area contributed by atoms with E-state index in [1.165, 1.54) is 5.69 Å². The fourth-order valence-corrected chi connectivity index (χ4v) is 5.71. The number of aromatic nitrogens is 3. The van der Waals surface area contributed by atoms with Crippen molar-refractivity contribution in [3.05, 3.63) is 66.9 Å². The zero-order chi connectivity index (χ0) is 24.4. The SMILES string of the molecule is CCCS(=O)(=O)c1ccc(-c2cccn3nc(Nc4cccc(N5CCN(C)CC5)c4)nc23)cc1. The number of hydrogen-bond donors (Lipinski definition) is 1. The second-order valence-corrected chi connectivity index (χ2v) is 11.0. The Balaban J connectivity index is 1.39. The molecular weight excluding hydrogens is 460 g/mol. The Bertz CT molecular complexity index is 1420. The summed E-state index contributed by atoms with van der Waals surface area (Å²) >= 11 is 0. The van der Waals surface area contributed by atoms with Gasteiger partial charge in [-0.1, -0.05) is 25.1 Å².